The van der Waals surface area contributed by atoms with Crippen LogP contribution in [0, 0.1) is 0 Å². The zero-order valence-corrected chi connectivity index (χ0v) is 10.5. The lowest BCUT2D eigenvalue weighted by Crippen LogP contribution is -2.46. The SMILES string of the molecule is CCN[C@H](C)CNC(=O)[C@H]1CCC(=O)N1.Cl. The largest absolute Gasteiger partial charge is 0.353 e. The molecule has 0 unspecified atom stereocenters. The minimum atomic E-state index is -0.327. The maximum absolute atomic E-state index is 11.5. The van der Waals surface area contributed by atoms with Crippen LogP contribution < -0.4 is 16.0 Å². The third-order valence-corrected chi connectivity index (χ3v) is 2.45. The predicted octanol–water partition coefficient (Wildman–Crippen LogP) is -0.199. The van der Waals surface area contributed by atoms with Crippen molar-refractivity contribution < 1.29 is 9.59 Å². The molecule has 0 aliphatic carbocycles. The van der Waals surface area contributed by atoms with Gasteiger partial charge in [-0.25, -0.2) is 0 Å². The highest BCUT2D eigenvalue weighted by atomic mass is 35.5. The summed E-state index contributed by atoms with van der Waals surface area (Å²) in [5, 5.41) is 8.65. The molecule has 3 N–H and O–H groups in total. The van der Waals surface area contributed by atoms with Gasteiger partial charge in [0.15, 0.2) is 0 Å². The second kappa shape index (κ2) is 7.46. The summed E-state index contributed by atoms with van der Waals surface area (Å²) >= 11 is 0. The van der Waals surface area contributed by atoms with Crippen molar-refractivity contribution in [3.8, 4) is 0 Å². The van der Waals surface area contributed by atoms with Crippen LogP contribution in [0.2, 0.25) is 0 Å². The Labute approximate surface area is 102 Å². The van der Waals surface area contributed by atoms with Gasteiger partial charge in [-0.15, -0.1) is 12.4 Å². The molecule has 1 saturated heterocycles. The van der Waals surface area contributed by atoms with Gasteiger partial charge in [-0.2, -0.15) is 0 Å². The number of carbonyl (C=O) groups is 2. The summed E-state index contributed by atoms with van der Waals surface area (Å²) in [5.41, 5.74) is 0. The summed E-state index contributed by atoms with van der Waals surface area (Å²) in [6, 6.07) is -0.0672. The topological polar surface area (TPSA) is 70.2 Å². The number of carbonyl (C=O) groups excluding carboxylic acids is 2. The van der Waals surface area contributed by atoms with E-state index in [1.165, 1.54) is 0 Å². The fourth-order valence-electron chi connectivity index (χ4n) is 1.61. The third-order valence-electron chi connectivity index (χ3n) is 2.45. The second-order valence-corrected chi connectivity index (χ2v) is 3.86. The Hall–Kier alpha value is -0.810. The van der Waals surface area contributed by atoms with Gasteiger partial charge < -0.3 is 16.0 Å². The summed E-state index contributed by atoms with van der Waals surface area (Å²) in [5.74, 6) is -0.111. The molecular weight excluding hydrogens is 230 g/mol. The molecule has 6 heteroatoms. The van der Waals surface area contributed by atoms with E-state index in [9.17, 15) is 9.59 Å². The quantitative estimate of drug-likeness (QED) is 0.632. The number of likely N-dealkylation sites (N-methyl/N-ethyl adjacent to an activating group) is 1. The molecule has 0 aromatic heterocycles. The summed E-state index contributed by atoms with van der Waals surface area (Å²) in [6.07, 6.45) is 1.07. The van der Waals surface area contributed by atoms with Gasteiger partial charge in [-0.3, -0.25) is 9.59 Å². The molecular formula is C10H20ClN3O2. The Bertz CT molecular complexity index is 248. The van der Waals surface area contributed by atoms with E-state index in [-0.39, 0.29) is 36.3 Å². The Morgan fingerprint density at radius 2 is 2.31 bits per heavy atom. The average Bonchev–Trinajstić information content (AvgIpc) is 2.62. The maximum Gasteiger partial charge on any atom is 0.242 e. The van der Waals surface area contributed by atoms with Gasteiger partial charge in [0.1, 0.15) is 6.04 Å². The number of hydrogen-bond acceptors (Lipinski definition) is 3. The van der Waals surface area contributed by atoms with Crippen LogP contribution >= 0.6 is 12.4 Å². The van der Waals surface area contributed by atoms with Crippen LogP contribution in [-0.4, -0.2) is 37.0 Å². The van der Waals surface area contributed by atoms with Crippen LogP contribution in [0.15, 0.2) is 0 Å². The average molecular weight is 250 g/mol. The molecule has 0 saturated carbocycles. The van der Waals surface area contributed by atoms with Gasteiger partial charge in [0.2, 0.25) is 11.8 Å². The van der Waals surface area contributed by atoms with E-state index in [0.29, 0.717) is 19.4 Å². The Kier molecular flexibility index (Phi) is 7.08. The molecule has 1 aliphatic rings. The van der Waals surface area contributed by atoms with E-state index in [2.05, 4.69) is 16.0 Å². The Morgan fingerprint density at radius 3 is 2.81 bits per heavy atom. The smallest absolute Gasteiger partial charge is 0.242 e. The summed E-state index contributed by atoms with van der Waals surface area (Å²) in [7, 11) is 0. The summed E-state index contributed by atoms with van der Waals surface area (Å²) < 4.78 is 0. The summed E-state index contributed by atoms with van der Waals surface area (Å²) in [6.45, 7) is 5.52. The van der Waals surface area contributed by atoms with Gasteiger partial charge in [0, 0.05) is 19.0 Å². The molecule has 5 nitrogen and oxygen atoms in total. The number of halogens is 1. The van der Waals surface area contributed by atoms with Crippen molar-refractivity contribution in [1.29, 1.82) is 0 Å². The van der Waals surface area contributed by atoms with Crippen LogP contribution in [0.3, 0.4) is 0 Å². The van der Waals surface area contributed by atoms with Crippen molar-refractivity contribution in [3.63, 3.8) is 0 Å². The van der Waals surface area contributed by atoms with Crippen LogP contribution in [0.1, 0.15) is 26.7 Å². The van der Waals surface area contributed by atoms with E-state index < -0.39 is 0 Å². The molecule has 1 heterocycles. The number of rotatable bonds is 5. The first-order valence-corrected chi connectivity index (χ1v) is 5.44. The highest BCUT2D eigenvalue weighted by Crippen LogP contribution is 2.05. The Balaban J connectivity index is 0.00000225. The van der Waals surface area contributed by atoms with E-state index in [4.69, 9.17) is 0 Å². The highest BCUT2D eigenvalue weighted by Gasteiger charge is 2.26. The van der Waals surface area contributed by atoms with Crippen molar-refractivity contribution in [3.05, 3.63) is 0 Å². The second-order valence-electron chi connectivity index (χ2n) is 3.86. The molecule has 0 bridgehead atoms. The third kappa shape index (κ3) is 4.81. The molecule has 0 aromatic carbocycles. The maximum atomic E-state index is 11.5. The minimum Gasteiger partial charge on any atom is -0.353 e. The van der Waals surface area contributed by atoms with Crippen LogP contribution in [0.5, 0.6) is 0 Å². The lowest BCUT2D eigenvalue weighted by atomic mass is 10.2. The molecule has 2 amide bonds. The molecule has 16 heavy (non-hydrogen) atoms. The number of nitrogens with one attached hydrogen (secondary N) is 3. The van der Waals surface area contributed by atoms with Crippen molar-refractivity contribution in [2.45, 2.75) is 38.8 Å². The minimum absolute atomic E-state index is 0. The zero-order chi connectivity index (χ0) is 11.3. The zero-order valence-electron chi connectivity index (χ0n) is 9.71. The Morgan fingerprint density at radius 1 is 1.62 bits per heavy atom. The van der Waals surface area contributed by atoms with Gasteiger partial charge in [0.05, 0.1) is 0 Å². The van der Waals surface area contributed by atoms with E-state index in [1.807, 2.05) is 13.8 Å². The van der Waals surface area contributed by atoms with E-state index in [1.54, 1.807) is 0 Å². The molecule has 1 fully saturated rings. The normalized spacial score (nSPS) is 20.9. The standard InChI is InChI=1S/C10H19N3O2.ClH/c1-3-11-7(2)6-12-10(15)8-4-5-9(14)13-8;/h7-8,11H,3-6H2,1-2H3,(H,12,15)(H,13,14);1H/t7-,8-;/m1./s1. The monoisotopic (exact) mass is 249 g/mol. The first-order valence-electron chi connectivity index (χ1n) is 5.44. The van der Waals surface area contributed by atoms with Crippen molar-refractivity contribution in [2.24, 2.45) is 0 Å². The lowest BCUT2D eigenvalue weighted by molar-refractivity contribution is -0.125. The van der Waals surface area contributed by atoms with Gasteiger partial charge in [0.25, 0.3) is 0 Å². The molecule has 0 radical (unpaired) electrons. The van der Waals surface area contributed by atoms with Gasteiger partial charge >= 0.3 is 0 Å². The van der Waals surface area contributed by atoms with E-state index >= 15 is 0 Å². The van der Waals surface area contributed by atoms with Crippen molar-refractivity contribution in [1.82, 2.24) is 16.0 Å². The number of amides is 2. The van der Waals surface area contributed by atoms with E-state index in [0.717, 1.165) is 6.54 Å². The van der Waals surface area contributed by atoms with Crippen LogP contribution in [0.4, 0.5) is 0 Å². The fourth-order valence-corrected chi connectivity index (χ4v) is 1.61. The first-order chi connectivity index (χ1) is 7.13. The van der Waals surface area contributed by atoms with Crippen LogP contribution in [0.25, 0.3) is 0 Å². The summed E-state index contributed by atoms with van der Waals surface area (Å²) in [4.78, 5) is 22.4. The molecule has 1 aliphatic heterocycles. The fraction of sp³-hybridized carbons (Fsp3) is 0.800. The number of hydrogen-bond donors (Lipinski definition) is 3. The molecule has 0 spiro atoms. The molecule has 94 valence electrons. The highest BCUT2D eigenvalue weighted by molar-refractivity contribution is 5.90. The lowest BCUT2D eigenvalue weighted by Gasteiger charge is -2.15. The van der Waals surface area contributed by atoms with Gasteiger partial charge in [-0.1, -0.05) is 6.92 Å². The van der Waals surface area contributed by atoms with Gasteiger partial charge in [-0.05, 0) is 19.9 Å². The first kappa shape index (κ1) is 15.2. The molecule has 2 atom stereocenters. The predicted molar refractivity (Wildman–Crippen MR) is 64.6 cm³/mol. The molecule has 0 aromatic rings. The molecule has 1 rings (SSSR count). The van der Waals surface area contributed by atoms with Crippen molar-refractivity contribution in [2.75, 3.05) is 13.1 Å². The van der Waals surface area contributed by atoms with Crippen molar-refractivity contribution >= 4 is 24.2 Å². The van der Waals surface area contributed by atoms with Crippen LogP contribution in [-0.2, 0) is 9.59 Å².